The highest BCUT2D eigenvalue weighted by Crippen LogP contribution is 2.37. The van der Waals surface area contributed by atoms with Crippen LogP contribution in [0.1, 0.15) is 15.9 Å². The van der Waals surface area contributed by atoms with Gasteiger partial charge in [-0.15, -0.1) is 0 Å². The van der Waals surface area contributed by atoms with Crippen LogP contribution in [0.5, 0.6) is 0 Å². The quantitative estimate of drug-likeness (QED) is 0.362. The summed E-state index contributed by atoms with van der Waals surface area (Å²) in [6.07, 6.45) is -4.87. The Morgan fingerprint density at radius 1 is 1.47 bits per heavy atom. The lowest BCUT2D eigenvalue weighted by atomic mass is 10.1. The minimum absolute atomic E-state index is 0.236. The average molecular weight is 311 g/mol. The van der Waals surface area contributed by atoms with Crippen LogP contribution in [0.4, 0.5) is 18.9 Å². The van der Waals surface area contributed by atoms with E-state index in [0.717, 1.165) is 0 Å². The van der Waals surface area contributed by atoms with Gasteiger partial charge in [-0.2, -0.15) is 18.2 Å². The van der Waals surface area contributed by atoms with Crippen LogP contribution in [-0.2, 0) is 6.18 Å². The second-order valence-electron chi connectivity index (χ2n) is 3.12. The maximum absolute atomic E-state index is 12.5. The van der Waals surface area contributed by atoms with Gasteiger partial charge in [-0.3, -0.25) is 14.9 Å². The lowest BCUT2D eigenvalue weighted by Crippen LogP contribution is -2.09. The Bertz CT molecular complexity index is 611. The third-order valence-electron chi connectivity index (χ3n) is 1.96. The summed E-state index contributed by atoms with van der Waals surface area (Å²) in [5, 5.41) is 11.5. The number of nitro benzene ring substituents is 1. The van der Waals surface area contributed by atoms with Crippen molar-refractivity contribution in [3.05, 3.63) is 38.4 Å². The first-order valence-electron chi connectivity index (χ1n) is 4.35. The minimum Gasteiger partial charge on any atom is -0.266 e. The molecule has 0 aromatic heterocycles. The van der Waals surface area contributed by atoms with Gasteiger partial charge >= 0.3 is 6.18 Å². The summed E-state index contributed by atoms with van der Waals surface area (Å²) in [5.74, 6) is -1.24. The van der Waals surface area contributed by atoms with E-state index in [1.165, 1.54) is 0 Å². The molecule has 0 spiro atoms. The molecule has 0 aliphatic carbocycles. The van der Waals surface area contributed by atoms with Crippen molar-refractivity contribution in [3.63, 3.8) is 0 Å². The number of thiocarbonyl (C=S) groups is 1. The van der Waals surface area contributed by atoms with E-state index in [4.69, 9.17) is 11.6 Å². The van der Waals surface area contributed by atoms with E-state index < -0.39 is 38.8 Å². The summed E-state index contributed by atoms with van der Waals surface area (Å²) < 4.78 is 37.6. The molecule has 100 valence electrons. The molecule has 0 unspecified atom stereocenters. The Balaban J connectivity index is 3.63. The Kier molecular flexibility index (Phi) is 4.35. The summed E-state index contributed by atoms with van der Waals surface area (Å²) in [5.41, 5.74) is -3.19. The molecule has 0 saturated carbocycles. The predicted molar refractivity (Wildman–Crippen MR) is 62.5 cm³/mol. The number of carbonyl (C=O) groups excluding carboxylic acids is 1. The van der Waals surface area contributed by atoms with Crippen LogP contribution in [-0.4, -0.2) is 16.0 Å². The number of isothiocyanates is 1. The van der Waals surface area contributed by atoms with Crippen molar-refractivity contribution in [1.29, 1.82) is 0 Å². The van der Waals surface area contributed by atoms with Gasteiger partial charge in [0.15, 0.2) is 0 Å². The standard InChI is InChI=1S/C9H2ClF3N2O3S/c10-7-5(8(16)14-3-19)1-4(9(11,12)13)2-6(7)15(17)18/h1-2H. The molecule has 1 aromatic carbocycles. The number of nitro groups is 1. The first-order chi connectivity index (χ1) is 8.68. The van der Waals surface area contributed by atoms with E-state index in [1.807, 2.05) is 0 Å². The predicted octanol–water partition coefficient (Wildman–Crippen LogP) is 3.51. The summed E-state index contributed by atoms with van der Waals surface area (Å²) in [4.78, 5) is 23.8. The maximum atomic E-state index is 12.5. The van der Waals surface area contributed by atoms with Gasteiger partial charge in [0.1, 0.15) is 5.02 Å². The van der Waals surface area contributed by atoms with Gasteiger partial charge in [0, 0.05) is 6.07 Å². The second kappa shape index (κ2) is 5.43. The highest BCUT2D eigenvalue weighted by molar-refractivity contribution is 7.78. The third-order valence-corrected chi connectivity index (χ3v) is 2.44. The van der Waals surface area contributed by atoms with Crippen LogP contribution < -0.4 is 0 Å². The van der Waals surface area contributed by atoms with Crippen molar-refractivity contribution >= 4 is 40.6 Å². The first-order valence-corrected chi connectivity index (χ1v) is 5.14. The monoisotopic (exact) mass is 310 g/mol. The largest absolute Gasteiger partial charge is 0.416 e. The first kappa shape index (κ1) is 15.2. The molecular formula is C9H2ClF3N2O3S. The van der Waals surface area contributed by atoms with E-state index in [9.17, 15) is 28.1 Å². The fraction of sp³-hybridized carbons (Fsp3) is 0.111. The molecule has 0 fully saturated rings. The van der Waals surface area contributed by atoms with Crippen LogP contribution in [0.3, 0.4) is 0 Å². The van der Waals surface area contributed by atoms with E-state index in [-0.39, 0.29) is 6.07 Å². The van der Waals surface area contributed by atoms with Crippen LogP contribution in [0.2, 0.25) is 5.02 Å². The molecule has 5 nitrogen and oxygen atoms in total. The maximum Gasteiger partial charge on any atom is 0.416 e. The zero-order valence-corrected chi connectivity index (χ0v) is 10.3. The fourth-order valence-corrected chi connectivity index (χ4v) is 1.50. The molecule has 0 atom stereocenters. The van der Waals surface area contributed by atoms with E-state index >= 15 is 0 Å². The zero-order chi connectivity index (χ0) is 14.8. The van der Waals surface area contributed by atoms with Crippen molar-refractivity contribution in [3.8, 4) is 0 Å². The number of amides is 1. The highest BCUT2D eigenvalue weighted by atomic mass is 35.5. The van der Waals surface area contributed by atoms with Crippen molar-refractivity contribution < 1.29 is 22.9 Å². The molecule has 0 N–H and O–H groups in total. The number of aliphatic imine (C=N–C) groups is 1. The van der Waals surface area contributed by atoms with E-state index in [0.29, 0.717) is 6.07 Å². The zero-order valence-electron chi connectivity index (χ0n) is 8.69. The summed E-state index contributed by atoms with van der Waals surface area (Å²) in [7, 11) is 0. The molecular weight excluding hydrogens is 309 g/mol. The van der Waals surface area contributed by atoms with Gasteiger partial charge in [-0.1, -0.05) is 11.6 Å². The highest BCUT2D eigenvalue weighted by Gasteiger charge is 2.35. The topological polar surface area (TPSA) is 72.6 Å². The number of rotatable bonds is 2. The van der Waals surface area contributed by atoms with Crippen LogP contribution >= 0.6 is 23.8 Å². The Labute approximate surface area is 113 Å². The summed E-state index contributed by atoms with van der Waals surface area (Å²) in [6, 6.07) is 0.605. The lowest BCUT2D eigenvalue weighted by Gasteiger charge is -2.09. The van der Waals surface area contributed by atoms with Crippen LogP contribution in [0.25, 0.3) is 0 Å². The Morgan fingerprint density at radius 3 is 2.47 bits per heavy atom. The number of benzene rings is 1. The van der Waals surface area contributed by atoms with Gasteiger partial charge in [0.25, 0.3) is 11.6 Å². The average Bonchev–Trinajstić information content (AvgIpc) is 2.27. The number of halogens is 4. The third kappa shape index (κ3) is 3.34. The molecule has 0 heterocycles. The molecule has 0 saturated heterocycles. The van der Waals surface area contributed by atoms with Gasteiger partial charge in [-0.05, 0) is 18.3 Å². The van der Waals surface area contributed by atoms with E-state index in [2.05, 4.69) is 17.2 Å². The normalized spacial score (nSPS) is 10.7. The number of nitrogens with zero attached hydrogens (tertiary/aromatic N) is 2. The SMILES string of the molecule is O=C(N=C=S)c1cc(C(F)(F)F)cc([N+](=O)[O-])c1Cl. The number of hydrogen-bond acceptors (Lipinski definition) is 4. The molecule has 19 heavy (non-hydrogen) atoms. The molecule has 10 heteroatoms. The summed E-state index contributed by atoms with van der Waals surface area (Å²) >= 11 is 9.63. The Morgan fingerprint density at radius 2 is 2.05 bits per heavy atom. The van der Waals surface area contributed by atoms with Gasteiger partial charge < -0.3 is 0 Å². The van der Waals surface area contributed by atoms with Crippen molar-refractivity contribution in [2.75, 3.05) is 0 Å². The molecule has 1 amide bonds. The number of alkyl halides is 3. The molecule has 0 aliphatic heterocycles. The molecule has 1 rings (SSSR count). The molecule has 0 bridgehead atoms. The second-order valence-corrected chi connectivity index (χ2v) is 3.68. The fourth-order valence-electron chi connectivity index (χ4n) is 1.16. The molecule has 0 radical (unpaired) electrons. The smallest absolute Gasteiger partial charge is 0.266 e. The number of hydrogen-bond donors (Lipinski definition) is 0. The van der Waals surface area contributed by atoms with Gasteiger partial charge in [-0.25, -0.2) is 0 Å². The minimum atomic E-state index is -4.87. The van der Waals surface area contributed by atoms with Crippen molar-refractivity contribution in [1.82, 2.24) is 0 Å². The van der Waals surface area contributed by atoms with E-state index in [1.54, 1.807) is 5.16 Å². The van der Waals surface area contributed by atoms with Crippen LogP contribution in [0, 0.1) is 10.1 Å². The lowest BCUT2D eigenvalue weighted by molar-refractivity contribution is -0.385. The van der Waals surface area contributed by atoms with Crippen molar-refractivity contribution in [2.45, 2.75) is 6.18 Å². The Hall–Kier alpha value is -1.83. The number of carbonyl (C=O) groups is 1. The summed E-state index contributed by atoms with van der Waals surface area (Å²) in [6.45, 7) is 0. The van der Waals surface area contributed by atoms with Crippen LogP contribution in [0.15, 0.2) is 17.1 Å². The van der Waals surface area contributed by atoms with Gasteiger partial charge in [0.2, 0.25) is 0 Å². The molecule has 1 aromatic rings. The van der Waals surface area contributed by atoms with Gasteiger partial charge in [0.05, 0.1) is 21.2 Å². The molecule has 0 aliphatic rings. The van der Waals surface area contributed by atoms with Crippen molar-refractivity contribution in [2.24, 2.45) is 4.99 Å².